The largest absolute Gasteiger partial charge is 0.257 e. The molecule has 3 aliphatic heterocycles. The van der Waals surface area contributed by atoms with Crippen LogP contribution in [0.2, 0.25) is 0 Å². The molecule has 0 N–H and O–H groups in total. The highest BCUT2D eigenvalue weighted by Crippen LogP contribution is 2.53. The minimum atomic E-state index is -1.09. The Bertz CT molecular complexity index is 390. The third-order valence-corrected chi connectivity index (χ3v) is 7.41. The van der Waals surface area contributed by atoms with Crippen LogP contribution in [0.5, 0.6) is 0 Å². The van der Waals surface area contributed by atoms with Crippen LogP contribution in [-0.2, 0) is 21.6 Å². The van der Waals surface area contributed by atoms with Gasteiger partial charge in [0.05, 0.1) is 32.1 Å². The van der Waals surface area contributed by atoms with Crippen LogP contribution < -0.4 is 0 Å². The molecular weight excluding hydrogens is 228 g/mol. The summed E-state index contributed by atoms with van der Waals surface area (Å²) in [5, 5.41) is 1.55. The number of allylic oxidation sites excluding steroid dienone is 1. The minimum absolute atomic E-state index is 0.00540. The number of hydrogen-bond donors (Lipinski definition) is 0. The van der Waals surface area contributed by atoms with E-state index in [1.54, 1.807) is 5.41 Å². The lowest BCUT2D eigenvalue weighted by Gasteiger charge is -2.21. The van der Waals surface area contributed by atoms with E-state index in [4.69, 9.17) is 11.6 Å². The monoisotopic (exact) mass is 234 g/mol. The number of hydrogen-bond acceptors (Lipinski definition) is 2. The van der Waals surface area contributed by atoms with Gasteiger partial charge in [-0.25, -0.2) is 0 Å². The molecule has 2 unspecified atom stereocenters. The molecule has 1 saturated heterocycles. The second-order valence-electron chi connectivity index (χ2n) is 3.47. The number of alkyl halides is 1. The molecule has 6 atom stereocenters. The Kier molecular flexibility index (Phi) is 1.52. The molecule has 3 heterocycles. The lowest BCUT2D eigenvalue weighted by Crippen LogP contribution is -2.31. The SMILES string of the molecule is O=S1C=C[C@H]2[C@@H]1[C@H]1C=C[C@]2(Cl)S1=O. The van der Waals surface area contributed by atoms with E-state index in [1.165, 1.54) is 0 Å². The van der Waals surface area contributed by atoms with E-state index >= 15 is 0 Å². The fraction of sp³-hybridized carbons (Fsp3) is 0.500. The maximum Gasteiger partial charge on any atom is 0.145 e. The predicted octanol–water partition coefficient (Wildman–Crippen LogP) is 0.883. The highest BCUT2D eigenvalue weighted by Gasteiger charge is 2.62. The van der Waals surface area contributed by atoms with Crippen LogP contribution in [0.4, 0.5) is 0 Å². The summed E-state index contributed by atoms with van der Waals surface area (Å²) in [6, 6.07) is 0. The van der Waals surface area contributed by atoms with E-state index < -0.39 is 25.8 Å². The number of rotatable bonds is 0. The van der Waals surface area contributed by atoms with Gasteiger partial charge in [-0.15, -0.1) is 0 Å². The van der Waals surface area contributed by atoms with E-state index in [0.717, 1.165) is 0 Å². The van der Waals surface area contributed by atoms with Gasteiger partial charge in [0.2, 0.25) is 0 Å². The standard InChI is InChI=1S/C8H7ClO2S2/c9-8-3-1-6(13(8)11)7-5(8)2-4-12(7)10/h1-7H/t5-,6+,7+,8-,12?,13?/m0/s1. The molecule has 3 rings (SSSR count). The van der Waals surface area contributed by atoms with Crippen molar-refractivity contribution in [3.8, 4) is 0 Å². The van der Waals surface area contributed by atoms with Gasteiger partial charge in [-0.1, -0.05) is 29.8 Å². The van der Waals surface area contributed by atoms with Gasteiger partial charge in [-0.2, -0.15) is 0 Å². The summed E-state index contributed by atoms with van der Waals surface area (Å²) < 4.78 is 22.6. The molecule has 2 nitrogen and oxygen atoms in total. The van der Waals surface area contributed by atoms with E-state index in [9.17, 15) is 8.42 Å². The third-order valence-electron chi connectivity index (χ3n) is 2.89. The van der Waals surface area contributed by atoms with Crippen molar-refractivity contribution in [3.63, 3.8) is 0 Å². The molecule has 0 spiro atoms. The van der Waals surface area contributed by atoms with Crippen LogP contribution in [0.1, 0.15) is 0 Å². The van der Waals surface area contributed by atoms with E-state index in [1.807, 2.05) is 18.2 Å². The average Bonchev–Trinajstić information content (AvgIpc) is 2.66. The molecule has 0 aliphatic carbocycles. The molecule has 2 bridgehead atoms. The first-order valence-corrected chi connectivity index (χ1v) is 6.88. The van der Waals surface area contributed by atoms with Gasteiger partial charge in [-0.3, -0.25) is 8.42 Å². The Morgan fingerprint density at radius 2 is 2.08 bits per heavy atom. The summed E-state index contributed by atoms with van der Waals surface area (Å²) in [6.07, 6.45) is 5.52. The van der Waals surface area contributed by atoms with Crippen LogP contribution >= 0.6 is 11.6 Å². The van der Waals surface area contributed by atoms with Crippen molar-refractivity contribution in [1.82, 2.24) is 0 Å². The molecule has 0 aromatic heterocycles. The zero-order valence-electron chi connectivity index (χ0n) is 6.55. The third kappa shape index (κ3) is 0.802. The van der Waals surface area contributed by atoms with Crippen molar-refractivity contribution >= 4 is 33.2 Å². The second kappa shape index (κ2) is 2.35. The molecule has 70 valence electrons. The average molecular weight is 235 g/mol. The highest BCUT2D eigenvalue weighted by atomic mass is 35.5. The van der Waals surface area contributed by atoms with E-state index in [2.05, 4.69) is 0 Å². The topological polar surface area (TPSA) is 34.1 Å². The summed E-state index contributed by atoms with van der Waals surface area (Å²) in [4.78, 5) is 0. The molecule has 0 radical (unpaired) electrons. The van der Waals surface area contributed by atoms with Crippen molar-refractivity contribution in [3.05, 3.63) is 23.6 Å². The Labute approximate surface area is 85.9 Å². The van der Waals surface area contributed by atoms with E-state index in [-0.39, 0.29) is 16.4 Å². The van der Waals surface area contributed by atoms with Gasteiger partial charge in [0, 0.05) is 5.92 Å². The molecule has 0 aromatic rings. The summed E-state index contributed by atoms with van der Waals surface area (Å²) in [7, 11) is -2.07. The molecule has 0 aromatic carbocycles. The van der Waals surface area contributed by atoms with Crippen LogP contribution in [0.3, 0.4) is 0 Å². The van der Waals surface area contributed by atoms with Gasteiger partial charge in [0.15, 0.2) is 0 Å². The van der Waals surface area contributed by atoms with Crippen molar-refractivity contribution in [2.75, 3.05) is 0 Å². The lowest BCUT2D eigenvalue weighted by atomic mass is 9.94. The van der Waals surface area contributed by atoms with Crippen LogP contribution in [-0.4, -0.2) is 23.1 Å². The smallest absolute Gasteiger partial charge is 0.145 e. The Balaban J connectivity index is 2.19. The summed E-state index contributed by atoms with van der Waals surface area (Å²) in [6.45, 7) is 0. The molecule has 1 fully saturated rings. The fourth-order valence-electron chi connectivity index (χ4n) is 2.25. The van der Waals surface area contributed by atoms with Crippen molar-refractivity contribution in [1.29, 1.82) is 0 Å². The Morgan fingerprint density at radius 1 is 1.31 bits per heavy atom. The Hall–Kier alpha value is 0.0700. The van der Waals surface area contributed by atoms with Gasteiger partial charge < -0.3 is 0 Å². The van der Waals surface area contributed by atoms with E-state index in [0.29, 0.717) is 0 Å². The van der Waals surface area contributed by atoms with Crippen molar-refractivity contribution in [2.45, 2.75) is 14.7 Å². The maximum atomic E-state index is 11.8. The molecule has 13 heavy (non-hydrogen) atoms. The molecule has 3 aliphatic rings. The zero-order valence-corrected chi connectivity index (χ0v) is 8.94. The molecule has 0 amide bonds. The zero-order chi connectivity index (χ0) is 9.22. The molecule has 0 saturated carbocycles. The predicted molar refractivity (Wildman–Crippen MR) is 54.2 cm³/mol. The Morgan fingerprint density at radius 3 is 2.77 bits per heavy atom. The van der Waals surface area contributed by atoms with Crippen LogP contribution in [0.25, 0.3) is 0 Å². The van der Waals surface area contributed by atoms with Gasteiger partial charge in [0.1, 0.15) is 4.21 Å². The van der Waals surface area contributed by atoms with Gasteiger partial charge >= 0.3 is 0 Å². The quantitative estimate of drug-likeness (QED) is 0.461. The highest BCUT2D eigenvalue weighted by molar-refractivity contribution is 7.94. The van der Waals surface area contributed by atoms with Gasteiger partial charge in [0.25, 0.3) is 0 Å². The second-order valence-corrected chi connectivity index (χ2v) is 7.60. The summed E-state index contributed by atoms with van der Waals surface area (Å²) >= 11 is 6.24. The maximum absolute atomic E-state index is 11.8. The first kappa shape index (κ1) is 8.38. The number of fused-ring (bicyclic) bond motifs is 5. The lowest BCUT2D eigenvalue weighted by molar-refractivity contribution is 0.609. The molecular formula is C8H7ClO2S2. The minimum Gasteiger partial charge on any atom is -0.257 e. The van der Waals surface area contributed by atoms with Crippen LogP contribution in [0.15, 0.2) is 23.6 Å². The summed E-state index contributed by atoms with van der Waals surface area (Å²) in [5.41, 5.74) is 0. The normalized spacial score (nSPS) is 61.8. The van der Waals surface area contributed by atoms with Crippen LogP contribution in [0, 0.1) is 5.92 Å². The fourth-order valence-corrected chi connectivity index (χ4v) is 6.84. The van der Waals surface area contributed by atoms with Crippen molar-refractivity contribution < 1.29 is 8.42 Å². The first-order chi connectivity index (χ1) is 6.14. The molecule has 5 heteroatoms. The van der Waals surface area contributed by atoms with Gasteiger partial charge in [-0.05, 0) is 5.41 Å². The number of halogens is 1. The van der Waals surface area contributed by atoms with Crippen molar-refractivity contribution in [2.24, 2.45) is 5.92 Å². The summed E-state index contributed by atoms with van der Waals surface area (Å²) in [5.74, 6) is 0.00540. The first-order valence-electron chi connectivity index (χ1n) is 4.01.